The molecule has 11 heavy (non-hydrogen) atoms. The van der Waals surface area contributed by atoms with Gasteiger partial charge in [0.15, 0.2) is 0 Å². The van der Waals surface area contributed by atoms with Gasteiger partial charge < -0.3 is 0 Å². The van der Waals surface area contributed by atoms with E-state index in [0.29, 0.717) is 0 Å². The van der Waals surface area contributed by atoms with Crippen molar-refractivity contribution in [3.05, 3.63) is 30.3 Å². The quantitative estimate of drug-likeness (QED) is 0.618. The second-order valence-corrected chi connectivity index (χ2v) is 4.33. The fourth-order valence-electron chi connectivity index (χ4n) is 0.660. The molecule has 0 aliphatic rings. The van der Waals surface area contributed by atoms with E-state index in [4.69, 9.17) is 12.2 Å². The van der Waals surface area contributed by atoms with E-state index in [0.717, 1.165) is 10.0 Å². The molecule has 0 spiro atoms. The fraction of sp³-hybridized carbons (Fsp3) is 0. The van der Waals surface area contributed by atoms with Gasteiger partial charge in [-0.05, 0) is 0 Å². The van der Waals surface area contributed by atoms with Crippen LogP contribution in [0.2, 0.25) is 0 Å². The third-order valence-corrected chi connectivity index (χ3v) is 3.78. The first-order valence-electron chi connectivity index (χ1n) is 2.99. The summed E-state index contributed by atoms with van der Waals surface area (Å²) in [6.07, 6.45) is 0. The first-order valence-corrected chi connectivity index (χ1v) is 6.59. The number of hydrogen-bond donors (Lipinski definition) is 1. The van der Waals surface area contributed by atoms with Crippen molar-refractivity contribution in [2.75, 3.05) is 5.32 Å². The number of para-hydroxylation sites is 1. The van der Waals surface area contributed by atoms with Crippen molar-refractivity contribution < 1.29 is 18.5 Å². The van der Waals surface area contributed by atoms with Crippen molar-refractivity contribution in [2.45, 2.75) is 0 Å². The molecule has 0 unspecified atom stereocenters. The number of rotatable bonds is 1. The van der Waals surface area contributed by atoms with E-state index < -0.39 is 0 Å². The molecule has 0 aliphatic carbocycles. The molecule has 0 heterocycles. The Morgan fingerprint density at radius 3 is 2.55 bits per heavy atom. The molecular weight excluding hydrogens is 258 g/mol. The summed E-state index contributed by atoms with van der Waals surface area (Å²) in [7, 11) is 1.55. The van der Waals surface area contributed by atoms with Crippen LogP contribution in [0.1, 0.15) is 0 Å². The summed E-state index contributed by atoms with van der Waals surface area (Å²) < 4.78 is 0.806. The van der Waals surface area contributed by atoms with Crippen molar-refractivity contribution in [1.82, 2.24) is 0 Å². The van der Waals surface area contributed by atoms with Crippen LogP contribution in [0, 0.1) is 0 Å². The Morgan fingerprint density at radius 2 is 2.00 bits per heavy atom. The molecule has 1 N–H and O–H groups in total. The van der Waals surface area contributed by atoms with Gasteiger partial charge in [-0.15, -0.1) is 0 Å². The zero-order valence-electron chi connectivity index (χ0n) is 5.61. The number of nitrogens with one attached hydrogen (secondary N) is 1. The van der Waals surface area contributed by atoms with Crippen molar-refractivity contribution in [1.29, 1.82) is 0 Å². The Labute approximate surface area is 85.6 Å². The normalized spacial score (nSPS) is 9.09. The molecule has 1 nitrogen and oxygen atoms in total. The molecule has 0 radical (unpaired) electrons. The summed E-state index contributed by atoms with van der Waals surface area (Å²) >= 11 is 6.88. The maximum atomic E-state index is 4.99. The van der Waals surface area contributed by atoms with Crippen LogP contribution in [-0.2, 0) is 18.5 Å². The van der Waals surface area contributed by atoms with Crippen LogP contribution in [-0.4, -0.2) is 4.32 Å². The van der Waals surface area contributed by atoms with Crippen LogP contribution in [0.15, 0.2) is 30.3 Å². The molecule has 1 aromatic carbocycles. The molecule has 0 saturated heterocycles. The average Bonchev–Trinajstić information content (AvgIpc) is 2.06. The summed E-state index contributed by atoms with van der Waals surface area (Å²) in [5.74, 6) is 0. The van der Waals surface area contributed by atoms with Crippen molar-refractivity contribution >= 4 is 31.7 Å². The van der Waals surface area contributed by atoms with Crippen molar-refractivity contribution in [3.63, 3.8) is 0 Å². The van der Waals surface area contributed by atoms with Crippen LogP contribution in [0.3, 0.4) is 0 Å². The Bertz CT molecular complexity index is 237. The first kappa shape index (κ1) is 9.24. The second-order valence-electron chi connectivity index (χ2n) is 1.86. The number of anilines is 1. The van der Waals surface area contributed by atoms with Crippen LogP contribution in [0.5, 0.6) is 0 Å². The van der Waals surface area contributed by atoms with E-state index >= 15 is 0 Å². The van der Waals surface area contributed by atoms with Gasteiger partial charge in [0.25, 0.3) is 0 Å². The summed E-state index contributed by atoms with van der Waals surface area (Å²) in [6, 6.07) is 9.92. The number of benzene rings is 1. The Morgan fingerprint density at radius 1 is 1.36 bits per heavy atom. The molecule has 57 valence electrons. The molecular formula is C7H6MoNS2. The third-order valence-electron chi connectivity index (χ3n) is 1.10. The number of thiocarbonyl (C=S) groups is 1. The van der Waals surface area contributed by atoms with Gasteiger partial charge >= 0.3 is 85.9 Å². The predicted octanol–water partition coefficient (Wildman–Crippen LogP) is 2.58. The Balaban J connectivity index is 2.58. The number of hydrogen-bond acceptors (Lipinski definition) is 2. The summed E-state index contributed by atoms with van der Waals surface area (Å²) in [6.45, 7) is 0. The van der Waals surface area contributed by atoms with Gasteiger partial charge in [-0.3, -0.25) is 0 Å². The van der Waals surface area contributed by atoms with E-state index in [2.05, 4.69) is 5.32 Å². The maximum absolute atomic E-state index is 4.99. The molecule has 0 aromatic heterocycles. The van der Waals surface area contributed by atoms with E-state index in [-0.39, 0.29) is 0 Å². The molecule has 0 fully saturated rings. The fourth-order valence-corrected chi connectivity index (χ4v) is 1.24. The summed E-state index contributed by atoms with van der Waals surface area (Å²) in [5, 5.41) is 3.09. The Kier molecular flexibility index (Phi) is 4.13. The van der Waals surface area contributed by atoms with Crippen LogP contribution in [0.25, 0.3) is 0 Å². The summed E-state index contributed by atoms with van der Waals surface area (Å²) in [4.78, 5) is 0. The first-order chi connectivity index (χ1) is 5.33. The SMILES string of the molecule is S=C(Nc1ccccc1)[S][Mo]. The molecule has 0 aliphatic heterocycles. The van der Waals surface area contributed by atoms with Gasteiger partial charge in [-0.1, -0.05) is 0 Å². The molecule has 0 atom stereocenters. The molecule has 1 aromatic rings. The van der Waals surface area contributed by atoms with Gasteiger partial charge in [0.05, 0.1) is 0 Å². The second kappa shape index (κ2) is 4.91. The monoisotopic (exact) mass is 266 g/mol. The van der Waals surface area contributed by atoms with Crippen molar-refractivity contribution in [3.8, 4) is 0 Å². The van der Waals surface area contributed by atoms with Gasteiger partial charge in [0.1, 0.15) is 0 Å². The standard InChI is InChI=1S/C7H7NS2.Mo/c9-7(10)8-6-4-2-1-3-5-6;/h1-5H,(H2,8,9,10);/q;+1/p-1. The van der Waals surface area contributed by atoms with E-state index in [9.17, 15) is 0 Å². The zero-order valence-corrected chi connectivity index (χ0v) is 9.25. The van der Waals surface area contributed by atoms with Crippen molar-refractivity contribution in [2.24, 2.45) is 0 Å². The minimum absolute atomic E-state index is 0.806. The average molecular weight is 264 g/mol. The third kappa shape index (κ3) is 3.37. The zero-order chi connectivity index (χ0) is 8.10. The topological polar surface area (TPSA) is 12.0 Å². The molecule has 1 rings (SSSR count). The van der Waals surface area contributed by atoms with Crippen LogP contribution >= 0.6 is 21.7 Å². The van der Waals surface area contributed by atoms with E-state index in [1.807, 2.05) is 48.9 Å². The molecule has 0 bridgehead atoms. The van der Waals surface area contributed by atoms with Crippen LogP contribution < -0.4 is 5.32 Å². The van der Waals surface area contributed by atoms with E-state index in [1.54, 1.807) is 9.47 Å². The van der Waals surface area contributed by atoms with Gasteiger partial charge in [-0.25, -0.2) is 0 Å². The minimum atomic E-state index is 0.806. The molecule has 4 heteroatoms. The van der Waals surface area contributed by atoms with Gasteiger partial charge in [0.2, 0.25) is 0 Å². The summed E-state index contributed by atoms with van der Waals surface area (Å²) in [5.41, 5.74) is 1.05. The van der Waals surface area contributed by atoms with Gasteiger partial charge in [0, 0.05) is 0 Å². The Hall–Kier alpha value is 0.148. The molecule has 0 amide bonds. The predicted molar refractivity (Wildman–Crippen MR) is 50.3 cm³/mol. The van der Waals surface area contributed by atoms with Crippen LogP contribution in [0.4, 0.5) is 5.69 Å². The molecule has 0 saturated carbocycles. The van der Waals surface area contributed by atoms with Gasteiger partial charge in [-0.2, -0.15) is 0 Å². The van der Waals surface area contributed by atoms with E-state index in [1.165, 1.54) is 0 Å².